The molecule has 0 spiro atoms. The van der Waals surface area contributed by atoms with E-state index in [1.165, 1.54) is 17.4 Å². The summed E-state index contributed by atoms with van der Waals surface area (Å²) < 4.78 is 12.8. The second-order valence-electron chi connectivity index (χ2n) is 2.88. The van der Waals surface area contributed by atoms with E-state index < -0.39 is 10.8 Å². The summed E-state index contributed by atoms with van der Waals surface area (Å²) in [7, 11) is -1.08. The summed E-state index contributed by atoms with van der Waals surface area (Å²) in [6, 6.07) is 8.83. The lowest BCUT2D eigenvalue weighted by Crippen LogP contribution is -2.00. The van der Waals surface area contributed by atoms with E-state index >= 15 is 0 Å². The smallest absolute Gasteiger partial charge is 0.189 e. The Kier molecular flexibility index (Phi) is 2.48. The highest BCUT2D eigenvalue weighted by Crippen LogP contribution is 2.20. The third kappa shape index (κ3) is 1.63. The van der Waals surface area contributed by atoms with Crippen LogP contribution < -0.4 is 5.43 Å². The molecule has 1 aromatic carbocycles. The van der Waals surface area contributed by atoms with Gasteiger partial charge in [0.15, 0.2) is 5.43 Å². The zero-order valence-corrected chi connectivity index (χ0v) is 9.15. The molecule has 0 aliphatic heterocycles. The van der Waals surface area contributed by atoms with Gasteiger partial charge in [0, 0.05) is 22.4 Å². The summed E-state index contributed by atoms with van der Waals surface area (Å²) in [4.78, 5) is 11.6. The summed E-state index contributed by atoms with van der Waals surface area (Å²) in [5.74, 6) is 0. The minimum absolute atomic E-state index is 0.0513. The predicted molar refractivity (Wildman–Crippen MR) is 60.4 cm³/mol. The maximum Gasteiger partial charge on any atom is 0.189 e. The van der Waals surface area contributed by atoms with Crippen LogP contribution >= 0.6 is 11.3 Å². The number of hydrogen-bond donors (Lipinski definition) is 0. The van der Waals surface area contributed by atoms with Crippen LogP contribution in [0.3, 0.4) is 0 Å². The van der Waals surface area contributed by atoms with E-state index in [0.29, 0.717) is 9.60 Å². The SMILES string of the molecule is C[S@](=O)c1cc(=O)c2ccccc2s1. The standard InChI is InChI=1S/C10H8O2S2/c1-14(12)10-6-8(11)7-4-2-3-5-9(7)13-10/h2-6H,1H3/t14-/m0/s1. The van der Waals surface area contributed by atoms with Crippen LogP contribution in [0.25, 0.3) is 10.1 Å². The molecule has 0 N–H and O–H groups in total. The Morgan fingerprint density at radius 1 is 1.29 bits per heavy atom. The second kappa shape index (κ2) is 3.63. The number of rotatable bonds is 1. The first-order chi connectivity index (χ1) is 6.68. The van der Waals surface area contributed by atoms with E-state index in [2.05, 4.69) is 0 Å². The van der Waals surface area contributed by atoms with Crippen molar-refractivity contribution >= 4 is 32.2 Å². The van der Waals surface area contributed by atoms with Gasteiger partial charge in [0.2, 0.25) is 0 Å². The Labute approximate surface area is 87.7 Å². The molecule has 2 nitrogen and oxygen atoms in total. The number of hydrogen-bond acceptors (Lipinski definition) is 3. The van der Waals surface area contributed by atoms with Crippen molar-refractivity contribution in [3.05, 3.63) is 40.6 Å². The fourth-order valence-corrected chi connectivity index (χ4v) is 3.04. The molecule has 0 amide bonds. The lowest BCUT2D eigenvalue weighted by Gasteiger charge is -1.97. The van der Waals surface area contributed by atoms with Crippen LogP contribution in [0.5, 0.6) is 0 Å². The molecule has 0 unspecified atom stereocenters. The monoisotopic (exact) mass is 224 g/mol. The van der Waals surface area contributed by atoms with Crippen molar-refractivity contribution in [2.75, 3.05) is 6.26 Å². The summed E-state index contributed by atoms with van der Waals surface area (Å²) in [6.45, 7) is 0. The highest BCUT2D eigenvalue weighted by molar-refractivity contribution is 7.86. The van der Waals surface area contributed by atoms with E-state index in [1.54, 1.807) is 12.3 Å². The Morgan fingerprint density at radius 3 is 2.71 bits per heavy atom. The number of fused-ring (bicyclic) bond motifs is 1. The highest BCUT2D eigenvalue weighted by atomic mass is 32.2. The van der Waals surface area contributed by atoms with Crippen LogP contribution in [0.15, 0.2) is 39.3 Å². The van der Waals surface area contributed by atoms with E-state index in [4.69, 9.17) is 0 Å². The third-order valence-electron chi connectivity index (χ3n) is 1.90. The van der Waals surface area contributed by atoms with Crippen LogP contribution in [0.1, 0.15) is 0 Å². The van der Waals surface area contributed by atoms with E-state index in [1.807, 2.05) is 18.2 Å². The first-order valence-electron chi connectivity index (χ1n) is 4.05. The quantitative estimate of drug-likeness (QED) is 0.742. The Bertz CT molecular complexity index is 557. The molecule has 0 aliphatic carbocycles. The lowest BCUT2D eigenvalue weighted by atomic mass is 10.2. The summed E-state index contributed by atoms with van der Waals surface area (Å²) in [5, 5.41) is 0.701. The zero-order chi connectivity index (χ0) is 10.1. The minimum atomic E-state index is -1.08. The zero-order valence-electron chi connectivity index (χ0n) is 7.52. The van der Waals surface area contributed by atoms with Crippen LogP contribution in [0.2, 0.25) is 0 Å². The molecule has 2 aromatic rings. The topological polar surface area (TPSA) is 34.1 Å². The van der Waals surface area contributed by atoms with Gasteiger partial charge in [0.1, 0.15) is 0 Å². The summed E-state index contributed by atoms with van der Waals surface area (Å²) >= 11 is 1.41. The van der Waals surface area contributed by atoms with Crippen LogP contribution in [0.4, 0.5) is 0 Å². The fourth-order valence-electron chi connectivity index (χ4n) is 1.22. The first-order valence-corrected chi connectivity index (χ1v) is 6.42. The number of benzene rings is 1. The van der Waals surface area contributed by atoms with Gasteiger partial charge < -0.3 is 0 Å². The van der Waals surface area contributed by atoms with Crippen LogP contribution in [-0.2, 0) is 10.8 Å². The van der Waals surface area contributed by atoms with Crippen LogP contribution in [-0.4, -0.2) is 10.5 Å². The van der Waals surface area contributed by atoms with Crippen LogP contribution in [0, 0.1) is 0 Å². The van der Waals surface area contributed by atoms with E-state index in [0.717, 1.165) is 4.70 Å². The first kappa shape index (κ1) is 9.55. The van der Waals surface area contributed by atoms with Gasteiger partial charge in [-0.25, -0.2) is 0 Å². The van der Waals surface area contributed by atoms with Crippen molar-refractivity contribution in [1.82, 2.24) is 0 Å². The normalized spacial score (nSPS) is 12.9. The Morgan fingerprint density at radius 2 is 2.00 bits per heavy atom. The molecule has 4 heteroatoms. The molecular formula is C10H8O2S2. The highest BCUT2D eigenvalue weighted by Gasteiger charge is 2.04. The molecule has 1 aromatic heterocycles. The van der Waals surface area contributed by atoms with Gasteiger partial charge in [-0.3, -0.25) is 9.00 Å². The Balaban J connectivity index is 2.86. The van der Waals surface area contributed by atoms with Gasteiger partial charge in [-0.15, -0.1) is 11.3 Å². The van der Waals surface area contributed by atoms with Crippen molar-refractivity contribution in [1.29, 1.82) is 0 Å². The van der Waals surface area contributed by atoms with E-state index in [-0.39, 0.29) is 5.43 Å². The molecule has 0 saturated heterocycles. The molecule has 1 atom stereocenters. The van der Waals surface area contributed by atoms with Crippen molar-refractivity contribution < 1.29 is 4.21 Å². The van der Waals surface area contributed by atoms with Gasteiger partial charge in [-0.05, 0) is 12.1 Å². The fraction of sp³-hybridized carbons (Fsp3) is 0.100. The molecule has 1 heterocycles. The Hall–Kier alpha value is -1.00. The average molecular weight is 224 g/mol. The predicted octanol–water partition coefficient (Wildman–Crippen LogP) is 2.00. The molecule has 0 radical (unpaired) electrons. The lowest BCUT2D eigenvalue weighted by molar-refractivity contribution is 0.688. The van der Waals surface area contributed by atoms with Crippen molar-refractivity contribution in [3.8, 4) is 0 Å². The largest absolute Gasteiger partial charge is 0.289 e. The maximum absolute atomic E-state index is 11.6. The second-order valence-corrected chi connectivity index (χ2v) is 5.57. The average Bonchev–Trinajstić information content (AvgIpc) is 2.17. The minimum Gasteiger partial charge on any atom is -0.289 e. The molecular weight excluding hydrogens is 216 g/mol. The molecule has 0 aliphatic rings. The maximum atomic E-state index is 11.6. The molecule has 2 rings (SSSR count). The van der Waals surface area contributed by atoms with Gasteiger partial charge >= 0.3 is 0 Å². The summed E-state index contributed by atoms with van der Waals surface area (Å²) in [6.07, 6.45) is 1.58. The third-order valence-corrected chi connectivity index (χ3v) is 4.43. The molecule has 0 bridgehead atoms. The van der Waals surface area contributed by atoms with E-state index in [9.17, 15) is 9.00 Å². The summed E-state index contributed by atoms with van der Waals surface area (Å²) in [5.41, 5.74) is -0.0513. The van der Waals surface area contributed by atoms with Crippen molar-refractivity contribution in [3.63, 3.8) is 0 Å². The molecule has 14 heavy (non-hydrogen) atoms. The van der Waals surface area contributed by atoms with Gasteiger partial charge in [-0.1, -0.05) is 12.1 Å². The van der Waals surface area contributed by atoms with Gasteiger partial charge in [0.05, 0.1) is 15.0 Å². The molecule has 72 valence electrons. The molecule has 0 fully saturated rings. The van der Waals surface area contributed by atoms with Crippen molar-refractivity contribution in [2.45, 2.75) is 4.21 Å². The van der Waals surface area contributed by atoms with Gasteiger partial charge in [-0.2, -0.15) is 0 Å². The van der Waals surface area contributed by atoms with Gasteiger partial charge in [0.25, 0.3) is 0 Å². The van der Waals surface area contributed by atoms with Crippen molar-refractivity contribution in [2.24, 2.45) is 0 Å². The molecule has 0 saturated carbocycles.